The third kappa shape index (κ3) is 6.39. The van der Waals surface area contributed by atoms with Crippen LogP contribution in [0.4, 0.5) is 11.4 Å². The van der Waals surface area contributed by atoms with E-state index < -0.39 is 0 Å². The third-order valence-corrected chi connectivity index (χ3v) is 3.98. The van der Waals surface area contributed by atoms with E-state index in [4.69, 9.17) is 9.57 Å². The van der Waals surface area contributed by atoms with E-state index in [2.05, 4.69) is 10.5 Å². The Labute approximate surface area is 170 Å². The van der Waals surface area contributed by atoms with Crippen LogP contribution in [0.15, 0.2) is 84.0 Å². The van der Waals surface area contributed by atoms with Crippen molar-refractivity contribution in [2.45, 2.75) is 0 Å². The molecule has 0 aliphatic rings. The van der Waals surface area contributed by atoms with Crippen LogP contribution in [0.1, 0.15) is 5.56 Å². The van der Waals surface area contributed by atoms with Gasteiger partial charge in [-0.2, -0.15) is 0 Å². The molecule has 0 aliphatic carbocycles. The SMILES string of the molecule is CN(C)c1ccc(C=NOCC(=O)Nc2cccc(Oc3ccccc3)c2)cc1. The molecule has 148 valence electrons. The quantitative estimate of drug-likeness (QED) is 0.454. The second kappa shape index (κ2) is 9.94. The first-order valence-corrected chi connectivity index (χ1v) is 9.16. The molecule has 0 saturated heterocycles. The molecule has 0 atom stereocenters. The van der Waals surface area contributed by atoms with E-state index in [1.54, 1.807) is 18.3 Å². The molecule has 0 bridgehead atoms. The van der Waals surface area contributed by atoms with Crippen LogP contribution in [0.5, 0.6) is 11.5 Å². The average molecular weight is 389 g/mol. The van der Waals surface area contributed by atoms with E-state index in [1.165, 1.54) is 0 Å². The highest BCUT2D eigenvalue weighted by atomic mass is 16.6. The molecule has 6 heteroatoms. The van der Waals surface area contributed by atoms with Crippen molar-refractivity contribution < 1.29 is 14.4 Å². The smallest absolute Gasteiger partial charge is 0.265 e. The average Bonchev–Trinajstić information content (AvgIpc) is 2.72. The van der Waals surface area contributed by atoms with Crippen LogP contribution in [-0.4, -0.2) is 32.8 Å². The van der Waals surface area contributed by atoms with Crippen LogP contribution in [0, 0.1) is 0 Å². The maximum absolute atomic E-state index is 12.1. The number of carbonyl (C=O) groups excluding carboxylic acids is 1. The van der Waals surface area contributed by atoms with Gasteiger partial charge >= 0.3 is 0 Å². The van der Waals surface area contributed by atoms with Crippen LogP contribution < -0.4 is 15.0 Å². The van der Waals surface area contributed by atoms with E-state index in [-0.39, 0.29) is 12.5 Å². The number of carbonyl (C=O) groups is 1. The predicted octanol–water partition coefficient (Wildman–Crippen LogP) is 4.53. The molecule has 0 saturated carbocycles. The third-order valence-electron chi connectivity index (χ3n) is 3.98. The molecule has 1 amide bonds. The molecule has 0 unspecified atom stereocenters. The molecule has 0 heterocycles. The molecule has 0 spiro atoms. The van der Waals surface area contributed by atoms with Gasteiger partial charge in [0.2, 0.25) is 0 Å². The Hall–Kier alpha value is -3.80. The van der Waals surface area contributed by atoms with Crippen molar-refractivity contribution in [1.29, 1.82) is 0 Å². The lowest BCUT2D eigenvalue weighted by atomic mass is 10.2. The first-order valence-electron chi connectivity index (χ1n) is 9.16. The normalized spacial score (nSPS) is 10.6. The maximum Gasteiger partial charge on any atom is 0.265 e. The van der Waals surface area contributed by atoms with Crippen molar-refractivity contribution in [3.05, 3.63) is 84.4 Å². The molecule has 0 aromatic heterocycles. The molecular weight excluding hydrogens is 366 g/mol. The summed E-state index contributed by atoms with van der Waals surface area (Å²) in [6.45, 7) is -0.184. The molecule has 0 fully saturated rings. The summed E-state index contributed by atoms with van der Waals surface area (Å²) in [5.41, 5.74) is 2.61. The molecule has 0 aliphatic heterocycles. The number of nitrogens with zero attached hydrogens (tertiary/aromatic N) is 2. The van der Waals surface area contributed by atoms with Gasteiger partial charge in [0.15, 0.2) is 6.61 Å². The largest absolute Gasteiger partial charge is 0.457 e. The summed E-state index contributed by atoms with van der Waals surface area (Å²) in [7, 11) is 3.96. The lowest BCUT2D eigenvalue weighted by molar-refractivity contribution is -0.120. The summed E-state index contributed by atoms with van der Waals surface area (Å²) in [5, 5.41) is 6.61. The Kier molecular flexibility index (Phi) is 6.84. The highest BCUT2D eigenvalue weighted by molar-refractivity contribution is 5.92. The topological polar surface area (TPSA) is 63.2 Å². The zero-order valence-corrected chi connectivity index (χ0v) is 16.4. The minimum Gasteiger partial charge on any atom is -0.457 e. The van der Waals surface area contributed by atoms with Gasteiger partial charge in [-0.25, -0.2) is 0 Å². The fraction of sp³-hybridized carbons (Fsp3) is 0.130. The summed E-state index contributed by atoms with van der Waals surface area (Å²) in [6.07, 6.45) is 1.57. The number of benzene rings is 3. The predicted molar refractivity (Wildman–Crippen MR) is 116 cm³/mol. The van der Waals surface area contributed by atoms with Gasteiger partial charge in [0.1, 0.15) is 11.5 Å². The molecule has 29 heavy (non-hydrogen) atoms. The molecule has 3 rings (SSSR count). The molecule has 0 radical (unpaired) electrons. The number of oxime groups is 1. The number of ether oxygens (including phenoxy) is 1. The Balaban J connectivity index is 1.47. The van der Waals surface area contributed by atoms with Crippen LogP contribution in [-0.2, 0) is 9.63 Å². The first-order chi connectivity index (χ1) is 14.1. The van der Waals surface area contributed by atoms with Gasteiger partial charge in [-0.3, -0.25) is 4.79 Å². The second-order valence-corrected chi connectivity index (χ2v) is 6.49. The number of anilines is 2. The van der Waals surface area contributed by atoms with E-state index in [9.17, 15) is 4.79 Å². The lowest BCUT2D eigenvalue weighted by Crippen LogP contribution is -2.16. The van der Waals surface area contributed by atoms with Crippen LogP contribution in [0.2, 0.25) is 0 Å². The molecular formula is C23H23N3O3. The fourth-order valence-corrected chi connectivity index (χ4v) is 2.51. The Morgan fingerprint density at radius 2 is 1.69 bits per heavy atom. The van der Waals surface area contributed by atoms with Crippen molar-refractivity contribution in [2.24, 2.45) is 5.16 Å². The zero-order valence-electron chi connectivity index (χ0n) is 16.4. The minimum absolute atomic E-state index is 0.184. The molecule has 3 aromatic carbocycles. The van der Waals surface area contributed by atoms with Crippen molar-refractivity contribution in [3.8, 4) is 11.5 Å². The summed E-state index contributed by atoms with van der Waals surface area (Å²) in [6, 6.07) is 24.4. The lowest BCUT2D eigenvalue weighted by Gasteiger charge is -2.11. The van der Waals surface area contributed by atoms with Gasteiger partial charge in [0.25, 0.3) is 5.91 Å². The Morgan fingerprint density at radius 1 is 0.966 bits per heavy atom. The first kappa shape index (κ1) is 19.9. The minimum atomic E-state index is -0.304. The number of amides is 1. The van der Waals surface area contributed by atoms with E-state index in [1.807, 2.05) is 85.7 Å². The molecule has 1 N–H and O–H groups in total. The second-order valence-electron chi connectivity index (χ2n) is 6.49. The van der Waals surface area contributed by atoms with Crippen LogP contribution in [0.3, 0.4) is 0 Å². The standard InChI is InChI=1S/C23H23N3O3/c1-26(2)20-13-11-18(12-14-20)16-24-28-17-23(27)25-19-7-6-10-22(15-19)29-21-8-4-3-5-9-21/h3-16H,17H2,1-2H3,(H,25,27). The number of rotatable bonds is 8. The van der Waals surface area contributed by atoms with Crippen molar-refractivity contribution in [2.75, 3.05) is 30.9 Å². The summed E-state index contributed by atoms with van der Waals surface area (Å²) >= 11 is 0. The fourth-order valence-electron chi connectivity index (χ4n) is 2.51. The number of nitrogens with one attached hydrogen (secondary N) is 1. The highest BCUT2D eigenvalue weighted by Gasteiger charge is 2.04. The summed E-state index contributed by atoms with van der Waals surface area (Å²) in [5.74, 6) is 1.06. The number of hydrogen-bond donors (Lipinski definition) is 1. The van der Waals surface area contributed by atoms with Crippen molar-refractivity contribution in [3.63, 3.8) is 0 Å². The number of hydrogen-bond acceptors (Lipinski definition) is 5. The Morgan fingerprint density at radius 3 is 2.41 bits per heavy atom. The zero-order chi connectivity index (χ0) is 20.5. The van der Waals surface area contributed by atoms with Crippen LogP contribution in [0.25, 0.3) is 0 Å². The van der Waals surface area contributed by atoms with E-state index >= 15 is 0 Å². The molecule has 3 aromatic rings. The van der Waals surface area contributed by atoms with Crippen LogP contribution >= 0.6 is 0 Å². The van der Waals surface area contributed by atoms with Crippen molar-refractivity contribution in [1.82, 2.24) is 0 Å². The van der Waals surface area contributed by atoms with Gasteiger partial charge in [0, 0.05) is 31.5 Å². The van der Waals surface area contributed by atoms with Gasteiger partial charge in [-0.15, -0.1) is 0 Å². The number of para-hydroxylation sites is 1. The van der Waals surface area contributed by atoms with Gasteiger partial charge in [-0.1, -0.05) is 41.6 Å². The van der Waals surface area contributed by atoms with E-state index in [0.29, 0.717) is 11.4 Å². The monoisotopic (exact) mass is 389 g/mol. The van der Waals surface area contributed by atoms with Gasteiger partial charge < -0.3 is 19.8 Å². The Bertz CT molecular complexity index is 955. The van der Waals surface area contributed by atoms with E-state index in [0.717, 1.165) is 17.0 Å². The van der Waals surface area contributed by atoms with Crippen molar-refractivity contribution >= 4 is 23.5 Å². The summed E-state index contributed by atoms with van der Waals surface area (Å²) < 4.78 is 5.76. The van der Waals surface area contributed by atoms with Gasteiger partial charge in [0.05, 0.1) is 6.21 Å². The highest BCUT2D eigenvalue weighted by Crippen LogP contribution is 2.23. The molecule has 6 nitrogen and oxygen atoms in total. The van der Waals surface area contributed by atoms with Gasteiger partial charge in [-0.05, 0) is 42.0 Å². The maximum atomic E-state index is 12.1. The summed E-state index contributed by atoms with van der Waals surface area (Å²) in [4.78, 5) is 19.2.